The van der Waals surface area contributed by atoms with Crippen LogP contribution in [0.4, 0.5) is 6.01 Å². The number of anilines is 1. The summed E-state index contributed by atoms with van der Waals surface area (Å²) in [5, 5.41) is 3.49. The fourth-order valence-electron chi connectivity index (χ4n) is 3.89. The van der Waals surface area contributed by atoms with E-state index in [1.165, 1.54) is 38.6 Å². The number of oxazole rings is 1. The molecule has 3 heterocycles. The van der Waals surface area contributed by atoms with Crippen LogP contribution in [-0.4, -0.2) is 48.6 Å². The van der Waals surface area contributed by atoms with Gasteiger partial charge in [0.1, 0.15) is 6.26 Å². The average molecular weight is 290 g/mol. The molecule has 2 atom stereocenters. The van der Waals surface area contributed by atoms with Crippen LogP contribution in [0.5, 0.6) is 0 Å². The van der Waals surface area contributed by atoms with Gasteiger partial charge < -0.3 is 19.5 Å². The van der Waals surface area contributed by atoms with Crippen molar-refractivity contribution >= 4 is 6.01 Å². The van der Waals surface area contributed by atoms with Gasteiger partial charge in [0.25, 0.3) is 6.01 Å². The third kappa shape index (κ3) is 2.94. The highest BCUT2D eigenvalue weighted by atomic mass is 16.4. The van der Waals surface area contributed by atoms with Crippen molar-refractivity contribution in [1.29, 1.82) is 0 Å². The fraction of sp³-hybridized carbons (Fsp3) is 0.812. The molecule has 2 aliphatic heterocycles. The zero-order valence-electron chi connectivity index (χ0n) is 12.9. The molecule has 2 saturated heterocycles. The van der Waals surface area contributed by atoms with Crippen LogP contribution in [0.15, 0.2) is 10.7 Å². The van der Waals surface area contributed by atoms with Crippen molar-refractivity contribution in [3.8, 4) is 0 Å². The van der Waals surface area contributed by atoms with Gasteiger partial charge in [0.05, 0.1) is 5.69 Å². The Morgan fingerprint density at radius 3 is 3.05 bits per heavy atom. The molecule has 3 fully saturated rings. The van der Waals surface area contributed by atoms with Gasteiger partial charge in [0.2, 0.25) is 0 Å². The first kappa shape index (κ1) is 13.6. The molecule has 1 aliphatic carbocycles. The minimum Gasteiger partial charge on any atom is -0.432 e. The summed E-state index contributed by atoms with van der Waals surface area (Å²) >= 11 is 0. The van der Waals surface area contributed by atoms with Crippen molar-refractivity contribution in [2.45, 2.75) is 50.7 Å². The highest BCUT2D eigenvalue weighted by Crippen LogP contribution is 2.31. The van der Waals surface area contributed by atoms with E-state index in [9.17, 15) is 0 Å². The zero-order valence-corrected chi connectivity index (χ0v) is 12.9. The summed E-state index contributed by atoms with van der Waals surface area (Å²) in [6, 6.07) is 2.31. The second kappa shape index (κ2) is 5.61. The highest BCUT2D eigenvalue weighted by Gasteiger charge is 2.35. The van der Waals surface area contributed by atoms with E-state index >= 15 is 0 Å². The summed E-state index contributed by atoms with van der Waals surface area (Å²) in [6.45, 7) is 4.28. The number of piperidine rings is 2. The van der Waals surface area contributed by atoms with Crippen LogP contribution >= 0.6 is 0 Å². The number of nitrogens with one attached hydrogen (secondary N) is 1. The van der Waals surface area contributed by atoms with E-state index in [0.717, 1.165) is 49.3 Å². The normalized spacial score (nSPS) is 30.4. The van der Waals surface area contributed by atoms with Gasteiger partial charge in [-0.15, -0.1) is 0 Å². The molecule has 5 heteroatoms. The largest absolute Gasteiger partial charge is 0.432 e. The van der Waals surface area contributed by atoms with Crippen LogP contribution in [0.25, 0.3) is 0 Å². The zero-order chi connectivity index (χ0) is 14.2. The van der Waals surface area contributed by atoms with Gasteiger partial charge in [-0.3, -0.25) is 0 Å². The molecule has 4 rings (SSSR count). The van der Waals surface area contributed by atoms with Crippen LogP contribution in [-0.2, 0) is 6.54 Å². The first-order valence-corrected chi connectivity index (χ1v) is 8.42. The second-order valence-electron chi connectivity index (χ2n) is 6.96. The monoisotopic (exact) mass is 290 g/mol. The van der Waals surface area contributed by atoms with E-state index in [4.69, 9.17) is 4.42 Å². The Morgan fingerprint density at radius 1 is 1.29 bits per heavy atom. The summed E-state index contributed by atoms with van der Waals surface area (Å²) < 4.78 is 5.72. The minimum absolute atomic E-state index is 0.721. The Morgan fingerprint density at radius 2 is 2.19 bits per heavy atom. The van der Waals surface area contributed by atoms with Gasteiger partial charge in [0.15, 0.2) is 0 Å². The Bertz CT molecular complexity index is 484. The molecule has 0 spiro atoms. The molecule has 1 N–H and O–H groups in total. The van der Waals surface area contributed by atoms with Crippen molar-refractivity contribution in [3.05, 3.63) is 12.0 Å². The van der Waals surface area contributed by atoms with Crippen molar-refractivity contribution in [2.75, 3.05) is 31.6 Å². The Balaban J connectivity index is 1.37. The Kier molecular flexibility index (Phi) is 3.63. The predicted octanol–water partition coefficient (Wildman–Crippen LogP) is 1.85. The third-order valence-corrected chi connectivity index (χ3v) is 5.31. The van der Waals surface area contributed by atoms with Gasteiger partial charge >= 0.3 is 0 Å². The van der Waals surface area contributed by atoms with Crippen molar-refractivity contribution < 1.29 is 4.42 Å². The molecule has 3 aliphatic rings. The maximum atomic E-state index is 5.72. The molecule has 5 nitrogen and oxygen atoms in total. The molecule has 0 aromatic carbocycles. The first-order valence-electron chi connectivity index (χ1n) is 8.42. The maximum Gasteiger partial charge on any atom is 0.297 e. The number of rotatable bonds is 4. The second-order valence-corrected chi connectivity index (χ2v) is 6.96. The summed E-state index contributed by atoms with van der Waals surface area (Å²) in [5.74, 6) is 0.775. The minimum atomic E-state index is 0.721. The predicted molar refractivity (Wildman–Crippen MR) is 82.3 cm³/mol. The number of likely N-dealkylation sites (tertiary alicyclic amines) is 1. The Labute approximate surface area is 126 Å². The quantitative estimate of drug-likeness (QED) is 0.917. The molecule has 0 amide bonds. The highest BCUT2D eigenvalue weighted by molar-refractivity contribution is 5.29. The lowest BCUT2D eigenvalue weighted by Gasteiger charge is -2.45. The van der Waals surface area contributed by atoms with Crippen molar-refractivity contribution in [1.82, 2.24) is 15.2 Å². The van der Waals surface area contributed by atoms with Crippen LogP contribution in [0.2, 0.25) is 0 Å². The molecule has 1 saturated carbocycles. The van der Waals surface area contributed by atoms with Crippen LogP contribution in [0.1, 0.15) is 37.8 Å². The number of aromatic nitrogens is 1. The van der Waals surface area contributed by atoms with E-state index in [-0.39, 0.29) is 0 Å². The van der Waals surface area contributed by atoms with Crippen LogP contribution in [0.3, 0.4) is 0 Å². The lowest BCUT2D eigenvalue weighted by molar-refractivity contribution is 0.101. The molecule has 2 unspecified atom stereocenters. The summed E-state index contributed by atoms with van der Waals surface area (Å²) in [5.41, 5.74) is 1.04. The summed E-state index contributed by atoms with van der Waals surface area (Å²) in [7, 11) is 2.28. The number of fused-ring (bicyclic) bond motifs is 1. The molecule has 21 heavy (non-hydrogen) atoms. The lowest BCUT2D eigenvalue weighted by atomic mass is 9.84. The van der Waals surface area contributed by atoms with E-state index in [1.54, 1.807) is 0 Å². The molecule has 1 aromatic rings. The van der Waals surface area contributed by atoms with E-state index < -0.39 is 0 Å². The molecular formula is C16H26N4O. The summed E-state index contributed by atoms with van der Waals surface area (Å²) in [6.07, 6.45) is 8.36. The first-order chi connectivity index (χ1) is 10.3. The number of nitrogens with zero attached hydrogens (tertiary/aromatic N) is 3. The molecular weight excluding hydrogens is 264 g/mol. The lowest BCUT2D eigenvalue weighted by Crippen LogP contribution is -2.52. The number of hydrogen-bond acceptors (Lipinski definition) is 5. The third-order valence-electron chi connectivity index (χ3n) is 5.31. The van der Waals surface area contributed by atoms with Crippen molar-refractivity contribution in [2.24, 2.45) is 5.92 Å². The average Bonchev–Trinajstić information content (AvgIpc) is 3.21. The molecule has 1 aromatic heterocycles. The van der Waals surface area contributed by atoms with Crippen LogP contribution < -0.4 is 10.2 Å². The van der Waals surface area contributed by atoms with Gasteiger partial charge in [-0.25, -0.2) is 0 Å². The smallest absolute Gasteiger partial charge is 0.297 e. The van der Waals surface area contributed by atoms with E-state index in [0.29, 0.717) is 0 Å². The maximum absolute atomic E-state index is 5.72. The van der Waals surface area contributed by atoms with Crippen LogP contribution in [0, 0.1) is 5.92 Å². The van der Waals surface area contributed by atoms with Gasteiger partial charge in [-0.2, -0.15) is 4.98 Å². The van der Waals surface area contributed by atoms with Gasteiger partial charge in [-0.1, -0.05) is 0 Å². The van der Waals surface area contributed by atoms with Gasteiger partial charge in [-0.05, 0) is 51.6 Å². The summed E-state index contributed by atoms with van der Waals surface area (Å²) in [4.78, 5) is 9.57. The topological polar surface area (TPSA) is 44.5 Å². The SMILES string of the molecule is CN1CCCC2CN(c3nc(CNC4CC4)co3)CCC21. The molecule has 0 radical (unpaired) electrons. The standard InChI is InChI=1S/C16H26N4O/c1-19-7-2-3-12-10-20(8-6-15(12)19)16-18-14(11-21-16)9-17-13-4-5-13/h11-13,15,17H,2-10H2,1H3. The number of hydrogen-bond donors (Lipinski definition) is 1. The van der Waals surface area contributed by atoms with Gasteiger partial charge in [0, 0.05) is 31.7 Å². The van der Waals surface area contributed by atoms with Crippen molar-refractivity contribution in [3.63, 3.8) is 0 Å². The molecule has 116 valence electrons. The Hall–Kier alpha value is -1.07. The fourth-order valence-corrected chi connectivity index (χ4v) is 3.89. The van der Waals surface area contributed by atoms with E-state index in [2.05, 4.69) is 27.1 Å². The van der Waals surface area contributed by atoms with E-state index in [1.807, 2.05) is 6.26 Å². The molecule has 0 bridgehead atoms.